The molecule has 2 aromatic rings. The van der Waals surface area contributed by atoms with Crippen molar-refractivity contribution >= 4 is 0 Å². The molecular weight excluding hydrogens is 307 g/mol. The van der Waals surface area contributed by atoms with Crippen LogP contribution in [0.2, 0.25) is 0 Å². The summed E-state index contributed by atoms with van der Waals surface area (Å²) in [4.78, 5) is 0. The molecular formula is C14H9F5N2O. The number of benzene rings is 1. The van der Waals surface area contributed by atoms with Crippen LogP contribution >= 0.6 is 0 Å². The van der Waals surface area contributed by atoms with E-state index in [0.717, 1.165) is 19.1 Å². The Kier molecular flexibility index (Phi) is 4.08. The van der Waals surface area contributed by atoms with Crippen molar-refractivity contribution in [3.63, 3.8) is 0 Å². The van der Waals surface area contributed by atoms with Crippen molar-refractivity contribution in [2.75, 3.05) is 6.61 Å². The highest BCUT2D eigenvalue weighted by Crippen LogP contribution is 2.37. The third kappa shape index (κ3) is 2.74. The van der Waals surface area contributed by atoms with Crippen LogP contribution in [-0.4, -0.2) is 16.4 Å². The monoisotopic (exact) mass is 316 g/mol. The minimum Gasteiger partial charge on any atom is -0.464 e. The molecule has 3 nitrogen and oxygen atoms in total. The molecule has 0 aliphatic carbocycles. The maximum Gasteiger partial charge on any atom is 0.423 e. The Balaban J connectivity index is 2.64. The van der Waals surface area contributed by atoms with Crippen LogP contribution in [0, 0.1) is 30.9 Å². The van der Waals surface area contributed by atoms with Gasteiger partial charge in [-0.25, -0.2) is 8.78 Å². The Morgan fingerprint density at radius 2 is 2.00 bits per heavy atom. The number of terminal acetylenes is 1. The minimum atomic E-state index is -4.76. The number of rotatable bonds is 3. The summed E-state index contributed by atoms with van der Waals surface area (Å²) in [7, 11) is 0. The van der Waals surface area contributed by atoms with E-state index in [-0.39, 0.29) is 11.3 Å². The summed E-state index contributed by atoms with van der Waals surface area (Å²) in [6.45, 7) is 0.695. The van der Waals surface area contributed by atoms with Gasteiger partial charge in [-0.05, 0) is 19.1 Å². The molecule has 0 fully saturated rings. The van der Waals surface area contributed by atoms with Gasteiger partial charge in [0.15, 0.2) is 12.4 Å². The van der Waals surface area contributed by atoms with E-state index in [1.807, 2.05) is 5.92 Å². The molecule has 0 aliphatic heterocycles. The fourth-order valence-corrected chi connectivity index (χ4v) is 1.76. The minimum absolute atomic E-state index is 0.343. The van der Waals surface area contributed by atoms with Gasteiger partial charge in [-0.3, -0.25) is 0 Å². The topological polar surface area (TPSA) is 27.1 Å². The number of alkyl halides is 3. The third-order valence-corrected chi connectivity index (χ3v) is 2.85. The SMILES string of the molecule is C#CCOc1c(C(F)(F)F)cnn1-c1ccc(F)c(C)c1F. The number of aromatic nitrogens is 2. The Bertz CT molecular complexity index is 743. The fourth-order valence-electron chi connectivity index (χ4n) is 1.76. The lowest BCUT2D eigenvalue weighted by molar-refractivity contribution is -0.138. The van der Waals surface area contributed by atoms with Crippen molar-refractivity contribution in [1.29, 1.82) is 0 Å². The molecule has 0 amide bonds. The third-order valence-electron chi connectivity index (χ3n) is 2.85. The quantitative estimate of drug-likeness (QED) is 0.640. The molecule has 2 rings (SSSR count). The van der Waals surface area contributed by atoms with E-state index >= 15 is 0 Å². The molecule has 0 N–H and O–H groups in total. The smallest absolute Gasteiger partial charge is 0.423 e. The second-order valence-electron chi connectivity index (χ2n) is 4.27. The van der Waals surface area contributed by atoms with Gasteiger partial charge in [0.1, 0.15) is 17.1 Å². The molecule has 0 atom stereocenters. The lowest BCUT2D eigenvalue weighted by Gasteiger charge is -2.12. The molecule has 1 aromatic carbocycles. The van der Waals surface area contributed by atoms with E-state index in [2.05, 4.69) is 5.10 Å². The number of nitrogens with zero attached hydrogens (tertiary/aromatic N) is 2. The van der Waals surface area contributed by atoms with E-state index in [1.165, 1.54) is 0 Å². The fraction of sp³-hybridized carbons (Fsp3) is 0.214. The summed E-state index contributed by atoms with van der Waals surface area (Å²) in [5.74, 6) is -0.603. The van der Waals surface area contributed by atoms with Crippen LogP contribution in [0.3, 0.4) is 0 Å². The van der Waals surface area contributed by atoms with Crippen LogP contribution in [0.5, 0.6) is 5.88 Å². The summed E-state index contributed by atoms with van der Waals surface area (Å²) < 4.78 is 71.5. The molecule has 0 aliphatic rings. The zero-order valence-electron chi connectivity index (χ0n) is 11.2. The first-order valence-electron chi connectivity index (χ1n) is 5.93. The summed E-state index contributed by atoms with van der Waals surface area (Å²) in [6, 6.07) is 1.89. The van der Waals surface area contributed by atoms with Gasteiger partial charge in [-0.1, -0.05) is 5.92 Å². The van der Waals surface area contributed by atoms with E-state index in [4.69, 9.17) is 11.2 Å². The molecule has 1 aromatic heterocycles. The summed E-state index contributed by atoms with van der Waals surface area (Å²) in [6.07, 6.45) is 0.691. The normalized spacial score (nSPS) is 11.3. The maximum atomic E-state index is 14.1. The maximum absolute atomic E-state index is 14.1. The van der Waals surface area contributed by atoms with Crippen LogP contribution in [0.25, 0.3) is 5.69 Å². The van der Waals surface area contributed by atoms with Crippen LogP contribution in [0.15, 0.2) is 18.3 Å². The highest BCUT2D eigenvalue weighted by atomic mass is 19.4. The van der Waals surface area contributed by atoms with Crippen molar-refractivity contribution in [3.8, 4) is 23.9 Å². The van der Waals surface area contributed by atoms with Gasteiger partial charge in [-0.2, -0.15) is 23.0 Å². The molecule has 1 heterocycles. The Morgan fingerprint density at radius 3 is 2.59 bits per heavy atom. The average Bonchev–Trinajstić information content (AvgIpc) is 2.86. The molecule has 0 spiro atoms. The van der Waals surface area contributed by atoms with Crippen LogP contribution in [0.4, 0.5) is 22.0 Å². The number of ether oxygens (including phenoxy) is 1. The molecule has 8 heteroatoms. The first-order valence-corrected chi connectivity index (χ1v) is 5.93. The molecule has 0 bridgehead atoms. The van der Waals surface area contributed by atoms with E-state index < -0.39 is 35.9 Å². The van der Waals surface area contributed by atoms with Crippen molar-refractivity contribution < 1.29 is 26.7 Å². The first kappa shape index (κ1) is 15.8. The predicted octanol–water partition coefficient (Wildman–Crippen LogP) is 3.49. The van der Waals surface area contributed by atoms with Crippen molar-refractivity contribution in [1.82, 2.24) is 9.78 Å². The second-order valence-corrected chi connectivity index (χ2v) is 4.27. The zero-order valence-corrected chi connectivity index (χ0v) is 11.2. The lowest BCUT2D eigenvalue weighted by atomic mass is 10.2. The predicted molar refractivity (Wildman–Crippen MR) is 67.5 cm³/mol. The van der Waals surface area contributed by atoms with Gasteiger partial charge in [0.2, 0.25) is 5.88 Å². The average molecular weight is 316 g/mol. The standard InChI is InChI=1S/C14H9F5N2O/c1-3-6-22-13-9(14(17,18)19)7-20-21(13)11-5-4-10(15)8(2)12(11)16/h1,4-5,7H,6H2,2H3. The van der Waals surface area contributed by atoms with Crippen LogP contribution < -0.4 is 4.74 Å². The molecule has 0 unspecified atom stereocenters. The number of hydrogen-bond donors (Lipinski definition) is 0. The van der Waals surface area contributed by atoms with Gasteiger partial charge in [0, 0.05) is 5.56 Å². The zero-order chi connectivity index (χ0) is 16.5. The van der Waals surface area contributed by atoms with Gasteiger partial charge in [0.05, 0.1) is 6.20 Å². The van der Waals surface area contributed by atoms with Crippen molar-refractivity contribution in [2.45, 2.75) is 13.1 Å². The highest BCUT2D eigenvalue weighted by Gasteiger charge is 2.38. The molecule has 0 saturated carbocycles. The number of hydrogen-bond acceptors (Lipinski definition) is 2. The van der Waals surface area contributed by atoms with Crippen molar-refractivity contribution in [3.05, 3.63) is 41.1 Å². The largest absolute Gasteiger partial charge is 0.464 e. The molecule has 116 valence electrons. The Hall–Kier alpha value is -2.56. The summed E-state index contributed by atoms with van der Waals surface area (Å²) >= 11 is 0. The van der Waals surface area contributed by atoms with Crippen LogP contribution in [-0.2, 0) is 6.18 Å². The molecule has 0 saturated heterocycles. The number of halogens is 5. The van der Waals surface area contributed by atoms with Gasteiger partial charge in [0.25, 0.3) is 0 Å². The molecule has 22 heavy (non-hydrogen) atoms. The second kappa shape index (κ2) is 5.67. The Morgan fingerprint density at radius 1 is 1.32 bits per heavy atom. The molecule has 0 radical (unpaired) electrons. The lowest BCUT2D eigenvalue weighted by Crippen LogP contribution is -2.11. The van der Waals surface area contributed by atoms with Gasteiger partial charge >= 0.3 is 6.18 Å². The van der Waals surface area contributed by atoms with E-state index in [1.54, 1.807) is 0 Å². The van der Waals surface area contributed by atoms with Crippen LogP contribution in [0.1, 0.15) is 11.1 Å². The first-order chi connectivity index (χ1) is 10.3. The van der Waals surface area contributed by atoms with E-state index in [9.17, 15) is 22.0 Å². The highest BCUT2D eigenvalue weighted by molar-refractivity contribution is 5.43. The van der Waals surface area contributed by atoms with Crippen molar-refractivity contribution in [2.24, 2.45) is 0 Å². The van der Waals surface area contributed by atoms with Gasteiger partial charge < -0.3 is 4.74 Å². The van der Waals surface area contributed by atoms with Gasteiger partial charge in [-0.15, -0.1) is 6.42 Å². The van der Waals surface area contributed by atoms with E-state index in [0.29, 0.717) is 10.9 Å². The Labute approximate surface area is 122 Å². The summed E-state index contributed by atoms with van der Waals surface area (Å²) in [5.41, 5.74) is -1.92. The summed E-state index contributed by atoms with van der Waals surface area (Å²) in [5, 5.41) is 3.48.